The molecule has 0 spiro atoms. The average molecular weight is 288 g/mol. The van der Waals surface area contributed by atoms with Crippen molar-refractivity contribution in [3.63, 3.8) is 0 Å². The maximum Gasteiger partial charge on any atom is 0.337 e. The third-order valence-corrected chi connectivity index (χ3v) is 3.58. The van der Waals surface area contributed by atoms with Crippen LogP contribution in [0.5, 0.6) is 0 Å². The van der Waals surface area contributed by atoms with Crippen molar-refractivity contribution in [2.24, 2.45) is 0 Å². The van der Waals surface area contributed by atoms with E-state index in [1.807, 2.05) is 13.0 Å². The number of rotatable bonds is 2. The molecular weight excluding hydrogens is 278 g/mol. The molecule has 0 bridgehead atoms. The molecule has 0 fully saturated rings. The molecule has 1 heterocycles. The van der Waals surface area contributed by atoms with Crippen molar-refractivity contribution in [1.29, 1.82) is 0 Å². The molecule has 1 aromatic heterocycles. The minimum Gasteiger partial charge on any atom is -0.478 e. The van der Waals surface area contributed by atoms with Gasteiger partial charge >= 0.3 is 5.97 Å². The predicted molar refractivity (Wildman–Crippen MR) is 75.6 cm³/mol. The van der Waals surface area contributed by atoms with Crippen molar-refractivity contribution in [3.8, 4) is 5.69 Å². The van der Waals surface area contributed by atoms with E-state index in [-0.39, 0.29) is 5.56 Å². The van der Waals surface area contributed by atoms with E-state index < -0.39 is 5.97 Å². The zero-order valence-electron chi connectivity index (χ0n) is 10.5. The SMILES string of the molecule is Cc1c(Cl)cccc1-n1nnc2cccc(C(=O)O)c21. The molecule has 0 aliphatic carbocycles. The van der Waals surface area contributed by atoms with Crippen LogP contribution in [0.3, 0.4) is 0 Å². The number of halogens is 1. The number of carbonyl (C=O) groups is 1. The van der Waals surface area contributed by atoms with E-state index in [9.17, 15) is 9.90 Å². The molecule has 0 saturated heterocycles. The van der Waals surface area contributed by atoms with Crippen LogP contribution in [0, 0.1) is 6.92 Å². The summed E-state index contributed by atoms with van der Waals surface area (Å²) in [6, 6.07) is 10.3. The minimum atomic E-state index is -1.01. The number of aromatic carboxylic acids is 1. The summed E-state index contributed by atoms with van der Waals surface area (Å²) >= 11 is 6.11. The first-order chi connectivity index (χ1) is 9.59. The first kappa shape index (κ1) is 12.6. The molecule has 0 aliphatic heterocycles. The number of fused-ring (bicyclic) bond motifs is 1. The van der Waals surface area contributed by atoms with Gasteiger partial charge < -0.3 is 5.11 Å². The summed E-state index contributed by atoms with van der Waals surface area (Å²) in [4.78, 5) is 11.4. The number of nitrogens with zero attached hydrogens (tertiary/aromatic N) is 3. The van der Waals surface area contributed by atoms with Crippen molar-refractivity contribution < 1.29 is 9.90 Å². The highest BCUT2D eigenvalue weighted by molar-refractivity contribution is 6.31. The third kappa shape index (κ3) is 1.83. The second-order valence-corrected chi connectivity index (χ2v) is 4.77. The number of hydrogen-bond donors (Lipinski definition) is 1. The van der Waals surface area contributed by atoms with Crippen LogP contribution in [0.25, 0.3) is 16.7 Å². The normalized spacial score (nSPS) is 10.9. The van der Waals surface area contributed by atoms with E-state index in [4.69, 9.17) is 11.6 Å². The topological polar surface area (TPSA) is 68.0 Å². The van der Waals surface area contributed by atoms with Crippen molar-refractivity contribution in [2.45, 2.75) is 6.92 Å². The number of carboxylic acids is 1. The van der Waals surface area contributed by atoms with E-state index in [0.29, 0.717) is 21.7 Å². The molecular formula is C14H10ClN3O2. The van der Waals surface area contributed by atoms with Crippen molar-refractivity contribution in [3.05, 3.63) is 52.5 Å². The predicted octanol–water partition coefficient (Wildman–Crippen LogP) is 3.08. The Morgan fingerprint density at radius 1 is 1.25 bits per heavy atom. The Hall–Kier alpha value is -2.40. The van der Waals surface area contributed by atoms with E-state index in [1.54, 1.807) is 24.3 Å². The first-order valence-corrected chi connectivity index (χ1v) is 6.30. The van der Waals surface area contributed by atoms with Gasteiger partial charge in [-0.3, -0.25) is 0 Å². The van der Waals surface area contributed by atoms with Crippen LogP contribution >= 0.6 is 11.6 Å². The molecule has 100 valence electrons. The van der Waals surface area contributed by atoms with Crippen molar-refractivity contribution >= 4 is 28.6 Å². The number of benzene rings is 2. The van der Waals surface area contributed by atoms with Crippen LogP contribution in [0.1, 0.15) is 15.9 Å². The van der Waals surface area contributed by atoms with Crippen LogP contribution in [0.15, 0.2) is 36.4 Å². The lowest BCUT2D eigenvalue weighted by Crippen LogP contribution is -2.04. The smallest absolute Gasteiger partial charge is 0.337 e. The van der Waals surface area contributed by atoms with Crippen molar-refractivity contribution in [1.82, 2.24) is 15.0 Å². The van der Waals surface area contributed by atoms with E-state index >= 15 is 0 Å². The summed E-state index contributed by atoms with van der Waals surface area (Å²) in [5, 5.41) is 18.0. The second kappa shape index (κ2) is 4.61. The molecule has 0 unspecified atom stereocenters. The molecule has 3 rings (SSSR count). The standard InChI is InChI=1S/C14H10ClN3O2/c1-8-10(15)5-3-7-12(8)18-13-9(14(19)20)4-2-6-11(13)16-17-18/h2-7H,1H3,(H,19,20). The zero-order chi connectivity index (χ0) is 14.3. The fraction of sp³-hybridized carbons (Fsp3) is 0.0714. The molecule has 0 atom stereocenters. The van der Waals surface area contributed by atoms with Gasteiger partial charge in [0, 0.05) is 5.02 Å². The average Bonchev–Trinajstić information content (AvgIpc) is 2.85. The largest absolute Gasteiger partial charge is 0.478 e. The van der Waals surface area contributed by atoms with Gasteiger partial charge in [0.05, 0.1) is 11.3 Å². The summed E-state index contributed by atoms with van der Waals surface area (Å²) in [5.41, 5.74) is 2.69. The van der Waals surface area contributed by atoms with E-state index in [1.165, 1.54) is 10.7 Å². The monoisotopic (exact) mass is 287 g/mol. The van der Waals surface area contributed by atoms with Crippen LogP contribution in [-0.4, -0.2) is 26.1 Å². The van der Waals surface area contributed by atoms with E-state index in [2.05, 4.69) is 10.3 Å². The summed E-state index contributed by atoms with van der Waals surface area (Å²) in [5.74, 6) is -1.01. The zero-order valence-corrected chi connectivity index (χ0v) is 11.3. The van der Waals surface area contributed by atoms with Gasteiger partial charge in [-0.1, -0.05) is 28.9 Å². The van der Waals surface area contributed by atoms with Crippen LogP contribution in [0.2, 0.25) is 5.02 Å². The second-order valence-electron chi connectivity index (χ2n) is 4.36. The number of hydrogen-bond acceptors (Lipinski definition) is 3. The van der Waals surface area contributed by atoms with Gasteiger partial charge in [0.25, 0.3) is 0 Å². The molecule has 20 heavy (non-hydrogen) atoms. The number of carboxylic acid groups (broad SMARTS) is 1. The summed E-state index contributed by atoms with van der Waals surface area (Å²) in [6.07, 6.45) is 0. The van der Waals surface area contributed by atoms with Gasteiger partial charge in [-0.25, -0.2) is 9.48 Å². The molecule has 2 aromatic carbocycles. The molecule has 0 aliphatic rings. The van der Waals surface area contributed by atoms with Gasteiger partial charge in [0.2, 0.25) is 0 Å². The fourth-order valence-corrected chi connectivity index (χ4v) is 2.31. The van der Waals surface area contributed by atoms with Gasteiger partial charge in [0.1, 0.15) is 11.0 Å². The Labute approximate surface area is 119 Å². The van der Waals surface area contributed by atoms with Gasteiger partial charge in [0.15, 0.2) is 0 Å². The quantitative estimate of drug-likeness (QED) is 0.786. The lowest BCUT2D eigenvalue weighted by molar-refractivity contribution is 0.0698. The Morgan fingerprint density at radius 2 is 2.00 bits per heavy atom. The summed E-state index contributed by atoms with van der Waals surface area (Å²) in [6.45, 7) is 1.86. The van der Waals surface area contributed by atoms with Crippen LogP contribution in [-0.2, 0) is 0 Å². The molecule has 3 aromatic rings. The van der Waals surface area contributed by atoms with Gasteiger partial charge in [-0.05, 0) is 36.8 Å². The lowest BCUT2D eigenvalue weighted by atomic mass is 10.1. The summed E-state index contributed by atoms with van der Waals surface area (Å²) < 4.78 is 1.51. The third-order valence-electron chi connectivity index (χ3n) is 3.17. The Bertz CT molecular complexity index is 826. The highest BCUT2D eigenvalue weighted by Crippen LogP contribution is 2.26. The van der Waals surface area contributed by atoms with Crippen LogP contribution in [0.4, 0.5) is 0 Å². The maximum absolute atomic E-state index is 11.4. The molecule has 0 amide bonds. The highest BCUT2D eigenvalue weighted by Gasteiger charge is 2.17. The Morgan fingerprint density at radius 3 is 2.75 bits per heavy atom. The first-order valence-electron chi connectivity index (χ1n) is 5.93. The number of para-hydroxylation sites is 1. The van der Waals surface area contributed by atoms with Crippen molar-refractivity contribution in [2.75, 3.05) is 0 Å². The summed E-state index contributed by atoms with van der Waals surface area (Å²) in [7, 11) is 0. The minimum absolute atomic E-state index is 0.159. The van der Waals surface area contributed by atoms with Gasteiger partial charge in [-0.15, -0.1) is 5.10 Å². The Balaban J connectivity index is 2.38. The lowest BCUT2D eigenvalue weighted by Gasteiger charge is -2.08. The fourth-order valence-electron chi connectivity index (χ4n) is 2.14. The molecule has 6 heteroatoms. The maximum atomic E-state index is 11.4. The molecule has 0 radical (unpaired) electrons. The number of aromatic nitrogens is 3. The van der Waals surface area contributed by atoms with Crippen LogP contribution < -0.4 is 0 Å². The molecule has 1 N–H and O–H groups in total. The molecule has 0 saturated carbocycles. The molecule has 5 nitrogen and oxygen atoms in total. The highest BCUT2D eigenvalue weighted by atomic mass is 35.5. The van der Waals surface area contributed by atoms with E-state index in [0.717, 1.165) is 5.56 Å². The van der Waals surface area contributed by atoms with Gasteiger partial charge in [-0.2, -0.15) is 0 Å². The Kier molecular flexibility index (Phi) is 2.91.